The maximum atomic E-state index is 11.5. The minimum absolute atomic E-state index is 0.228. The zero-order chi connectivity index (χ0) is 15.1. The minimum atomic E-state index is -0.723. The molecule has 0 aromatic carbocycles. The second kappa shape index (κ2) is 7.63. The largest absolute Gasteiger partial charge is 0.444 e. The van der Waals surface area contributed by atoms with Gasteiger partial charge in [0.1, 0.15) is 5.60 Å². The average Bonchev–Trinajstić information content (AvgIpc) is 2.20. The Labute approximate surface area is 113 Å². The van der Waals surface area contributed by atoms with Gasteiger partial charge in [0.15, 0.2) is 0 Å². The van der Waals surface area contributed by atoms with E-state index in [1.54, 1.807) is 20.8 Å². The van der Waals surface area contributed by atoms with Crippen molar-refractivity contribution in [2.75, 3.05) is 13.1 Å². The molecule has 0 aromatic heterocycles. The van der Waals surface area contributed by atoms with E-state index in [0.29, 0.717) is 5.70 Å². The Morgan fingerprint density at radius 1 is 1.26 bits per heavy atom. The van der Waals surface area contributed by atoms with Crippen LogP contribution in [0.3, 0.4) is 0 Å². The quantitative estimate of drug-likeness (QED) is 0.500. The van der Waals surface area contributed by atoms with Crippen LogP contribution in [0.2, 0.25) is 0 Å². The first-order valence-electron chi connectivity index (χ1n) is 6.05. The van der Waals surface area contributed by atoms with Crippen molar-refractivity contribution < 1.29 is 14.3 Å². The SMILES string of the molecule is C=C(N)C[C@H](N)C(=O)NCCNC(=O)OC(C)(C)C. The molecule has 0 saturated heterocycles. The molecule has 7 nitrogen and oxygen atoms in total. The molecule has 0 heterocycles. The lowest BCUT2D eigenvalue weighted by atomic mass is 10.2. The molecule has 0 bridgehead atoms. The van der Waals surface area contributed by atoms with Crippen LogP contribution >= 0.6 is 0 Å². The zero-order valence-electron chi connectivity index (χ0n) is 11.8. The average molecular weight is 272 g/mol. The fraction of sp³-hybridized carbons (Fsp3) is 0.667. The molecule has 0 aliphatic heterocycles. The molecule has 110 valence electrons. The first-order valence-corrected chi connectivity index (χ1v) is 6.05. The molecule has 7 heteroatoms. The lowest BCUT2D eigenvalue weighted by Gasteiger charge is -2.19. The third-order valence-electron chi connectivity index (χ3n) is 1.91. The molecule has 0 rings (SSSR count). The number of hydrogen-bond acceptors (Lipinski definition) is 5. The number of hydrogen-bond donors (Lipinski definition) is 4. The molecule has 19 heavy (non-hydrogen) atoms. The van der Waals surface area contributed by atoms with Gasteiger partial charge < -0.3 is 26.8 Å². The van der Waals surface area contributed by atoms with Gasteiger partial charge in [0.2, 0.25) is 5.91 Å². The molecule has 0 fully saturated rings. The third kappa shape index (κ3) is 9.90. The van der Waals surface area contributed by atoms with Crippen molar-refractivity contribution in [3.05, 3.63) is 12.3 Å². The second-order valence-corrected chi connectivity index (χ2v) is 5.19. The summed E-state index contributed by atoms with van der Waals surface area (Å²) in [6.07, 6.45) is -0.299. The number of nitrogens with two attached hydrogens (primary N) is 2. The summed E-state index contributed by atoms with van der Waals surface area (Å²) in [5.74, 6) is -0.336. The van der Waals surface area contributed by atoms with Gasteiger partial charge in [-0.15, -0.1) is 0 Å². The van der Waals surface area contributed by atoms with Crippen molar-refractivity contribution in [3.8, 4) is 0 Å². The topological polar surface area (TPSA) is 119 Å². The summed E-state index contributed by atoms with van der Waals surface area (Å²) in [5, 5.41) is 5.09. The van der Waals surface area contributed by atoms with E-state index in [1.165, 1.54) is 0 Å². The van der Waals surface area contributed by atoms with Crippen LogP contribution in [0, 0.1) is 0 Å². The Morgan fingerprint density at radius 3 is 2.26 bits per heavy atom. The van der Waals surface area contributed by atoms with Gasteiger partial charge in [0.25, 0.3) is 0 Å². The fourth-order valence-corrected chi connectivity index (χ4v) is 1.17. The maximum absolute atomic E-state index is 11.5. The van der Waals surface area contributed by atoms with E-state index in [9.17, 15) is 9.59 Å². The summed E-state index contributed by atoms with van der Waals surface area (Å²) in [5.41, 5.74) is 10.7. The van der Waals surface area contributed by atoms with Crippen LogP contribution in [-0.2, 0) is 9.53 Å². The van der Waals surface area contributed by atoms with Crippen LogP contribution in [0.5, 0.6) is 0 Å². The van der Waals surface area contributed by atoms with Crippen LogP contribution in [0.1, 0.15) is 27.2 Å². The van der Waals surface area contributed by atoms with Gasteiger partial charge in [-0.2, -0.15) is 0 Å². The van der Waals surface area contributed by atoms with Gasteiger partial charge in [-0.3, -0.25) is 4.79 Å². The lowest BCUT2D eigenvalue weighted by Crippen LogP contribution is -2.44. The Kier molecular flexibility index (Phi) is 6.92. The summed E-state index contributed by atoms with van der Waals surface area (Å²) in [4.78, 5) is 22.8. The highest BCUT2D eigenvalue weighted by atomic mass is 16.6. The molecule has 6 N–H and O–H groups in total. The highest BCUT2D eigenvalue weighted by Crippen LogP contribution is 2.05. The smallest absolute Gasteiger partial charge is 0.407 e. The van der Waals surface area contributed by atoms with Crippen molar-refractivity contribution >= 4 is 12.0 Å². The molecular weight excluding hydrogens is 248 g/mol. The van der Waals surface area contributed by atoms with Crippen LogP contribution in [-0.4, -0.2) is 36.7 Å². The zero-order valence-corrected chi connectivity index (χ0v) is 11.8. The van der Waals surface area contributed by atoms with E-state index in [-0.39, 0.29) is 25.4 Å². The van der Waals surface area contributed by atoms with Crippen LogP contribution in [0.15, 0.2) is 12.3 Å². The van der Waals surface area contributed by atoms with Crippen molar-refractivity contribution in [1.82, 2.24) is 10.6 Å². The minimum Gasteiger partial charge on any atom is -0.444 e. The first-order chi connectivity index (χ1) is 8.61. The number of ether oxygens (including phenoxy) is 1. The van der Waals surface area contributed by atoms with Gasteiger partial charge in [0, 0.05) is 25.2 Å². The first kappa shape index (κ1) is 17.2. The number of carbonyl (C=O) groups excluding carboxylic acids is 2. The molecule has 0 saturated carbocycles. The van der Waals surface area contributed by atoms with Crippen LogP contribution in [0.25, 0.3) is 0 Å². The number of nitrogens with one attached hydrogen (secondary N) is 2. The van der Waals surface area contributed by atoms with Gasteiger partial charge in [0.05, 0.1) is 6.04 Å². The third-order valence-corrected chi connectivity index (χ3v) is 1.91. The molecule has 0 aromatic rings. The molecule has 0 unspecified atom stereocenters. The van der Waals surface area contributed by atoms with Crippen LogP contribution in [0.4, 0.5) is 4.79 Å². The molecule has 2 amide bonds. The van der Waals surface area contributed by atoms with Crippen LogP contribution < -0.4 is 22.1 Å². The summed E-state index contributed by atoms with van der Waals surface area (Å²) < 4.78 is 5.03. The van der Waals surface area contributed by atoms with E-state index in [2.05, 4.69) is 17.2 Å². The highest BCUT2D eigenvalue weighted by Gasteiger charge is 2.16. The normalized spacial score (nSPS) is 12.4. The molecule has 0 radical (unpaired) electrons. The standard InChI is InChI=1S/C12H24N4O3/c1-8(13)7-9(14)10(17)15-5-6-16-11(18)19-12(2,3)4/h9H,1,5-7,13-14H2,2-4H3,(H,15,17)(H,16,18)/t9-/m0/s1. The van der Waals surface area contributed by atoms with Crippen molar-refractivity contribution in [2.45, 2.75) is 38.8 Å². The van der Waals surface area contributed by atoms with E-state index in [4.69, 9.17) is 16.2 Å². The van der Waals surface area contributed by atoms with Gasteiger partial charge in [-0.05, 0) is 20.8 Å². The highest BCUT2D eigenvalue weighted by molar-refractivity contribution is 5.81. The Morgan fingerprint density at radius 2 is 1.79 bits per heavy atom. The summed E-state index contributed by atoms with van der Waals surface area (Å²) in [6.45, 7) is 9.32. The number of carbonyl (C=O) groups is 2. The summed E-state index contributed by atoms with van der Waals surface area (Å²) >= 11 is 0. The lowest BCUT2D eigenvalue weighted by molar-refractivity contribution is -0.122. The monoisotopic (exact) mass is 272 g/mol. The predicted octanol–water partition coefficient (Wildman–Crippen LogP) is -0.183. The van der Waals surface area contributed by atoms with Crippen molar-refractivity contribution in [1.29, 1.82) is 0 Å². The van der Waals surface area contributed by atoms with E-state index in [1.807, 2.05) is 0 Å². The second-order valence-electron chi connectivity index (χ2n) is 5.19. The number of amides is 2. The molecule has 0 aliphatic carbocycles. The summed E-state index contributed by atoms with van der Waals surface area (Å²) in [7, 11) is 0. The number of alkyl carbamates (subject to hydrolysis) is 1. The molecule has 0 spiro atoms. The summed E-state index contributed by atoms with van der Waals surface area (Å²) in [6, 6.07) is -0.723. The van der Waals surface area contributed by atoms with Gasteiger partial charge in [-0.25, -0.2) is 4.79 Å². The molecule has 1 atom stereocenters. The fourth-order valence-electron chi connectivity index (χ4n) is 1.17. The Hall–Kier alpha value is -1.76. The van der Waals surface area contributed by atoms with E-state index >= 15 is 0 Å². The predicted molar refractivity (Wildman–Crippen MR) is 73.2 cm³/mol. The van der Waals surface area contributed by atoms with Crippen molar-refractivity contribution in [3.63, 3.8) is 0 Å². The van der Waals surface area contributed by atoms with Gasteiger partial charge >= 0.3 is 6.09 Å². The van der Waals surface area contributed by atoms with Gasteiger partial charge in [-0.1, -0.05) is 6.58 Å². The molecule has 0 aliphatic rings. The molecular formula is C12H24N4O3. The van der Waals surface area contributed by atoms with E-state index < -0.39 is 17.7 Å². The van der Waals surface area contributed by atoms with Crippen molar-refractivity contribution in [2.24, 2.45) is 11.5 Å². The number of rotatable bonds is 6. The van der Waals surface area contributed by atoms with E-state index in [0.717, 1.165) is 0 Å². The Balaban J connectivity index is 3.77. The Bertz CT molecular complexity index is 336. The maximum Gasteiger partial charge on any atom is 0.407 e.